The van der Waals surface area contributed by atoms with E-state index in [9.17, 15) is 4.79 Å². The summed E-state index contributed by atoms with van der Waals surface area (Å²) in [6.45, 7) is 5.30. The van der Waals surface area contributed by atoms with Gasteiger partial charge in [0.25, 0.3) is 0 Å². The van der Waals surface area contributed by atoms with Gasteiger partial charge in [0.05, 0.1) is 20.8 Å². The molecule has 0 aromatic heterocycles. The Bertz CT molecular complexity index is 1110. The van der Waals surface area contributed by atoms with Gasteiger partial charge in [0.1, 0.15) is 17.6 Å². The molecular weight excluding hydrogens is 406 g/mol. The number of benzene rings is 2. The van der Waals surface area contributed by atoms with Crippen LogP contribution in [0.4, 0.5) is 0 Å². The maximum atomic E-state index is 13.2. The molecule has 0 fully saturated rings. The molecule has 3 aliphatic rings. The van der Waals surface area contributed by atoms with Gasteiger partial charge >= 0.3 is 0 Å². The monoisotopic (exact) mass is 435 g/mol. The molecule has 5 rings (SSSR count). The van der Waals surface area contributed by atoms with Crippen LogP contribution in [0, 0.1) is 0 Å². The number of hydrogen-bond donors (Lipinski definition) is 0. The zero-order valence-corrected chi connectivity index (χ0v) is 19.1. The van der Waals surface area contributed by atoms with Crippen LogP contribution in [-0.2, 0) is 17.6 Å². The van der Waals surface area contributed by atoms with Crippen LogP contribution in [0.1, 0.15) is 48.4 Å². The minimum atomic E-state index is -0.0841. The van der Waals surface area contributed by atoms with E-state index in [1.165, 1.54) is 5.56 Å². The molecule has 1 amide bonds. The van der Waals surface area contributed by atoms with Gasteiger partial charge in [-0.3, -0.25) is 4.79 Å². The van der Waals surface area contributed by atoms with Crippen molar-refractivity contribution in [2.24, 2.45) is 0 Å². The van der Waals surface area contributed by atoms with Crippen molar-refractivity contribution in [3.63, 3.8) is 0 Å². The second-order valence-corrected chi connectivity index (χ2v) is 8.59. The zero-order valence-electron chi connectivity index (χ0n) is 19.1. The summed E-state index contributed by atoms with van der Waals surface area (Å²) in [4.78, 5) is 15.1. The van der Waals surface area contributed by atoms with Gasteiger partial charge < -0.3 is 23.8 Å². The third-order valence-electron chi connectivity index (χ3n) is 6.56. The summed E-state index contributed by atoms with van der Waals surface area (Å²) in [5, 5.41) is 0. The summed E-state index contributed by atoms with van der Waals surface area (Å²) in [6.07, 6.45) is 4.44. The number of fused-ring (bicyclic) bond motifs is 4. The number of amides is 1. The van der Waals surface area contributed by atoms with Crippen LogP contribution in [0.2, 0.25) is 0 Å². The highest BCUT2D eigenvalue weighted by atomic mass is 16.5. The maximum absolute atomic E-state index is 13.2. The fourth-order valence-corrected chi connectivity index (χ4v) is 5.08. The van der Waals surface area contributed by atoms with Gasteiger partial charge in [-0.2, -0.15) is 0 Å². The summed E-state index contributed by atoms with van der Waals surface area (Å²) < 4.78 is 23.1. The van der Waals surface area contributed by atoms with Crippen molar-refractivity contribution in [3.05, 3.63) is 52.6 Å². The molecule has 0 unspecified atom stereocenters. The molecule has 0 saturated heterocycles. The molecule has 0 saturated carbocycles. The summed E-state index contributed by atoms with van der Waals surface area (Å²) in [5.41, 5.74) is 5.30. The maximum Gasteiger partial charge on any atom is 0.227 e. The van der Waals surface area contributed by atoms with Crippen molar-refractivity contribution in [2.45, 2.75) is 45.1 Å². The molecule has 0 spiro atoms. The van der Waals surface area contributed by atoms with Crippen molar-refractivity contribution in [1.82, 2.24) is 4.90 Å². The van der Waals surface area contributed by atoms with Crippen LogP contribution in [0.3, 0.4) is 0 Å². The largest absolute Gasteiger partial charge is 0.494 e. The van der Waals surface area contributed by atoms with Gasteiger partial charge in [-0.25, -0.2) is 0 Å². The Morgan fingerprint density at radius 3 is 2.53 bits per heavy atom. The van der Waals surface area contributed by atoms with Gasteiger partial charge in [-0.15, -0.1) is 0 Å². The molecule has 168 valence electrons. The fraction of sp³-hybridized carbons (Fsp3) is 0.423. The van der Waals surface area contributed by atoms with Crippen LogP contribution >= 0.6 is 0 Å². The highest BCUT2D eigenvalue weighted by Crippen LogP contribution is 2.45. The number of nitrogens with zero attached hydrogens (tertiary/aromatic N) is 1. The lowest BCUT2D eigenvalue weighted by Gasteiger charge is -2.37. The predicted molar refractivity (Wildman–Crippen MR) is 122 cm³/mol. The van der Waals surface area contributed by atoms with Crippen LogP contribution in [0.5, 0.6) is 23.0 Å². The van der Waals surface area contributed by atoms with E-state index in [1.54, 1.807) is 14.2 Å². The minimum Gasteiger partial charge on any atom is -0.494 e. The Kier molecular flexibility index (Phi) is 5.24. The molecule has 0 radical (unpaired) electrons. The third kappa shape index (κ3) is 3.38. The molecule has 6 heteroatoms. The molecule has 2 aromatic rings. The lowest BCUT2D eigenvalue weighted by Crippen LogP contribution is -2.38. The number of rotatable bonds is 5. The second kappa shape index (κ2) is 8.08. The van der Waals surface area contributed by atoms with Crippen LogP contribution < -0.4 is 18.9 Å². The smallest absolute Gasteiger partial charge is 0.227 e. The van der Waals surface area contributed by atoms with Gasteiger partial charge in [0, 0.05) is 47.7 Å². The Labute approximate surface area is 188 Å². The van der Waals surface area contributed by atoms with Crippen molar-refractivity contribution < 1.29 is 23.7 Å². The van der Waals surface area contributed by atoms with Crippen molar-refractivity contribution in [2.75, 3.05) is 27.4 Å². The Hall–Kier alpha value is -3.15. The van der Waals surface area contributed by atoms with Crippen LogP contribution in [-0.4, -0.2) is 44.3 Å². The van der Waals surface area contributed by atoms with E-state index in [1.807, 2.05) is 24.0 Å². The topological polar surface area (TPSA) is 57.2 Å². The van der Waals surface area contributed by atoms with E-state index >= 15 is 0 Å². The molecule has 0 bridgehead atoms. The van der Waals surface area contributed by atoms with Gasteiger partial charge in [0.2, 0.25) is 5.91 Å². The van der Waals surface area contributed by atoms with Crippen molar-refractivity contribution >= 4 is 11.6 Å². The lowest BCUT2D eigenvalue weighted by atomic mass is 9.85. The van der Waals surface area contributed by atoms with Crippen molar-refractivity contribution in [3.8, 4) is 23.0 Å². The first-order chi connectivity index (χ1) is 15.5. The minimum absolute atomic E-state index is 0.0841. The Balaban J connectivity index is 1.61. The number of methoxy groups -OCH3 is 2. The fourth-order valence-electron chi connectivity index (χ4n) is 5.08. The second-order valence-electron chi connectivity index (χ2n) is 8.59. The van der Waals surface area contributed by atoms with E-state index in [0.717, 1.165) is 46.7 Å². The Morgan fingerprint density at radius 2 is 1.78 bits per heavy atom. The molecule has 6 nitrogen and oxygen atoms in total. The zero-order chi connectivity index (χ0) is 22.4. The van der Waals surface area contributed by atoms with Crippen LogP contribution in [0.15, 0.2) is 30.3 Å². The number of ether oxygens (including phenoxy) is 4. The first kappa shape index (κ1) is 20.7. The van der Waals surface area contributed by atoms with Gasteiger partial charge in [-0.1, -0.05) is 6.08 Å². The quantitative estimate of drug-likeness (QED) is 0.699. The van der Waals surface area contributed by atoms with E-state index in [2.05, 4.69) is 25.1 Å². The van der Waals surface area contributed by atoms with Gasteiger partial charge in [0.15, 0.2) is 11.5 Å². The Morgan fingerprint density at radius 1 is 1.03 bits per heavy atom. The molecule has 0 aliphatic carbocycles. The molecular formula is C26H29NO5. The summed E-state index contributed by atoms with van der Waals surface area (Å²) in [6, 6.07) is 8.18. The molecule has 0 N–H and O–H groups in total. The van der Waals surface area contributed by atoms with Gasteiger partial charge in [-0.05, 0) is 50.1 Å². The normalized spacial score (nSPS) is 21.2. The third-order valence-corrected chi connectivity index (χ3v) is 6.56. The van der Waals surface area contributed by atoms with E-state index in [0.29, 0.717) is 31.1 Å². The first-order valence-electron chi connectivity index (χ1n) is 11.3. The molecule has 2 aromatic carbocycles. The predicted octanol–water partition coefficient (Wildman–Crippen LogP) is 4.34. The summed E-state index contributed by atoms with van der Waals surface area (Å²) in [7, 11) is 3.28. The molecule has 3 aliphatic heterocycles. The van der Waals surface area contributed by atoms with Crippen molar-refractivity contribution in [1.29, 1.82) is 0 Å². The number of carbonyl (C=O) groups is 1. The first-order valence-corrected chi connectivity index (χ1v) is 11.3. The SMILES string of the molecule is CCOc1cc2c(cc1[C@H]1C=C3c4cc(OC)c(OC)cc4CCN3C(=O)C1)O[C@H](C)C2. The van der Waals surface area contributed by atoms with E-state index in [4.69, 9.17) is 18.9 Å². The average molecular weight is 436 g/mol. The number of hydrogen-bond acceptors (Lipinski definition) is 5. The summed E-state index contributed by atoms with van der Waals surface area (Å²) >= 11 is 0. The van der Waals surface area contributed by atoms with Crippen LogP contribution in [0.25, 0.3) is 5.70 Å². The molecule has 2 atom stereocenters. The van der Waals surface area contributed by atoms with E-state index in [-0.39, 0.29) is 17.9 Å². The number of allylic oxidation sites excluding steroid dienone is 1. The number of carbonyl (C=O) groups excluding carboxylic acids is 1. The van der Waals surface area contributed by atoms with E-state index < -0.39 is 0 Å². The molecule has 3 heterocycles. The standard InChI is InChI=1S/C26H29NO5/c1-5-31-23-11-18-8-15(2)32-22(18)14-20(23)17-9-21-19-13-25(30-4)24(29-3)10-16(19)6-7-27(21)26(28)12-17/h9-11,13-15,17H,5-8,12H2,1-4H3/t15-,17+/m1/s1. The highest BCUT2D eigenvalue weighted by molar-refractivity contribution is 5.92. The molecule has 32 heavy (non-hydrogen) atoms. The lowest BCUT2D eigenvalue weighted by molar-refractivity contribution is -0.128. The summed E-state index contributed by atoms with van der Waals surface area (Å²) in [5.74, 6) is 3.17. The highest BCUT2D eigenvalue weighted by Gasteiger charge is 2.35. The average Bonchev–Trinajstić information content (AvgIpc) is 3.16.